The van der Waals surface area contributed by atoms with Crippen LogP contribution in [0.15, 0.2) is 23.0 Å². The summed E-state index contributed by atoms with van der Waals surface area (Å²) >= 11 is 0. The van der Waals surface area contributed by atoms with Crippen LogP contribution in [-0.4, -0.2) is 50.8 Å². The van der Waals surface area contributed by atoms with Gasteiger partial charge in [0.1, 0.15) is 17.7 Å². The maximum absolute atomic E-state index is 13.1. The maximum Gasteiger partial charge on any atom is 0.322 e. The number of aryl methyl sites for hydroxylation is 2. The van der Waals surface area contributed by atoms with E-state index in [1.165, 1.54) is 0 Å². The third kappa shape index (κ3) is 5.45. The number of unbranched alkanes of at least 4 members (excludes halogenated alkanes) is 1. The molecule has 0 radical (unpaired) electrons. The van der Waals surface area contributed by atoms with E-state index in [9.17, 15) is 29.4 Å². The summed E-state index contributed by atoms with van der Waals surface area (Å²) in [4.78, 5) is 49.0. The van der Waals surface area contributed by atoms with E-state index in [-0.39, 0.29) is 13.1 Å². The summed E-state index contributed by atoms with van der Waals surface area (Å²) in [6.07, 6.45) is 1.41. The van der Waals surface area contributed by atoms with E-state index < -0.39 is 52.6 Å². The van der Waals surface area contributed by atoms with Gasteiger partial charge in [-0.2, -0.15) is 0 Å². The molecule has 0 saturated heterocycles. The van der Waals surface area contributed by atoms with Gasteiger partial charge < -0.3 is 26.0 Å². The van der Waals surface area contributed by atoms with Gasteiger partial charge in [-0.15, -0.1) is 0 Å². The first-order chi connectivity index (χ1) is 15.1. The van der Waals surface area contributed by atoms with E-state index in [2.05, 4.69) is 5.32 Å². The Labute approximate surface area is 184 Å². The lowest BCUT2D eigenvalue weighted by atomic mass is 10.0. The number of nitrogens with zero attached hydrogens (tertiary/aromatic N) is 1. The summed E-state index contributed by atoms with van der Waals surface area (Å²) in [7, 11) is 0. The zero-order chi connectivity index (χ0) is 24.0. The lowest BCUT2D eigenvalue weighted by Crippen LogP contribution is -2.36. The SMILES string of the molecule is CCCCNC(=O)c1c(O)c(C(=O)NCC(=O)O)c(O)n(Cc2ccc(C)cc2C)c1=O. The van der Waals surface area contributed by atoms with Crippen LogP contribution in [0.5, 0.6) is 11.6 Å². The van der Waals surface area contributed by atoms with Gasteiger partial charge in [-0.25, -0.2) is 0 Å². The highest BCUT2D eigenvalue weighted by Crippen LogP contribution is 2.29. The van der Waals surface area contributed by atoms with Gasteiger partial charge in [-0.3, -0.25) is 23.7 Å². The quantitative estimate of drug-likeness (QED) is 0.364. The fourth-order valence-corrected chi connectivity index (χ4v) is 3.16. The molecule has 0 saturated carbocycles. The van der Waals surface area contributed by atoms with Crippen molar-refractivity contribution >= 4 is 17.8 Å². The molecule has 0 unspecified atom stereocenters. The highest BCUT2D eigenvalue weighted by Gasteiger charge is 2.30. The molecule has 2 amide bonds. The first-order valence-corrected chi connectivity index (χ1v) is 10.1. The van der Waals surface area contributed by atoms with Crippen molar-refractivity contribution in [3.63, 3.8) is 0 Å². The number of carboxylic acid groups (broad SMARTS) is 1. The van der Waals surface area contributed by atoms with E-state index in [4.69, 9.17) is 5.11 Å². The molecule has 0 aliphatic carbocycles. The van der Waals surface area contributed by atoms with Gasteiger partial charge in [0.15, 0.2) is 5.75 Å². The number of pyridine rings is 1. The molecule has 0 aliphatic rings. The number of carboxylic acids is 1. The highest BCUT2D eigenvalue weighted by molar-refractivity contribution is 6.05. The van der Waals surface area contributed by atoms with E-state index in [1.54, 1.807) is 6.07 Å². The molecule has 1 heterocycles. The predicted octanol–water partition coefficient (Wildman–Crippen LogP) is 1.27. The van der Waals surface area contributed by atoms with Crippen molar-refractivity contribution in [2.75, 3.05) is 13.1 Å². The molecule has 2 aromatic rings. The fourth-order valence-electron chi connectivity index (χ4n) is 3.16. The fraction of sp³-hybridized carbons (Fsp3) is 0.364. The van der Waals surface area contributed by atoms with Crippen molar-refractivity contribution in [1.82, 2.24) is 15.2 Å². The predicted molar refractivity (Wildman–Crippen MR) is 116 cm³/mol. The maximum atomic E-state index is 13.1. The Balaban J connectivity index is 2.65. The van der Waals surface area contributed by atoms with Crippen LogP contribution < -0.4 is 16.2 Å². The molecule has 1 aromatic carbocycles. The molecule has 0 aliphatic heterocycles. The Morgan fingerprint density at radius 2 is 1.69 bits per heavy atom. The first kappa shape index (κ1) is 24.4. The topological polar surface area (TPSA) is 158 Å². The second-order valence-electron chi connectivity index (χ2n) is 7.43. The Bertz CT molecular complexity index is 1110. The Morgan fingerprint density at radius 3 is 2.28 bits per heavy atom. The lowest BCUT2D eigenvalue weighted by molar-refractivity contribution is -0.135. The summed E-state index contributed by atoms with van der Waals surface area (Å²) in [6.45, 7) is 4.89. The number of carbonyl (C=O) groups excluding carboxylic acids is 2. The average Bonchev–Trinajstić information content (AvgIpc) is 2.71. The van der Waals surface area contributed by atoms with Gasteiger partial charge in [-0.05, 0) is 31.4 Å². The summed E-state index contributed by atoms with van der Waals surface area (Å²) in [5.41, 5.74) is 0.00513. The number of nitrogens with one attached hydrogen (secondary N) is 2. The zero-order valence-electron chi connectivity index (χ0n) is 18.2. The van der Waals surface area contributed by atoms with Gasteiger partial charge >= 0.3 is 5.97 Å². The van der Waals surface area contributed by atoms with Gasteiger partial charge in [0.25, 0.3) is 17.4 Å². The number of aromatic nitrogens is 1. The summed E-state index contributed by atoms with van der Waals surface area (Å²) in [5.74, 6) is -5.28. The van der Waals surface area contributed by atoms with Crippen molar-refractivity contribution in [3.05, 3.63) is 56.4 Å². The van der Waals surface area contributed by atoms with Crippen molar-refractivity contribution in [2.45, 2.75) is 40.2 Å². The third-order valence-electron chi connectivity index (χ3n) is 4.91. The number of benzene rings is 1. The largest absolute Gasteiger partial charge is 0.506 e. The first-order valence-electron chi connectivity index (χ1n) is 10.1. The van der Waals surface area contributed by atoms with Gasteiger partial charge in [0.2, 0.25) is 5.88 Å². The van der Waals surface area contributed by atoms with Crippen molar-refractivity contribution in [1.29, 1.82) is 0 Å². The number of hydrogen-bond acceptors (Lipinski definition) is 6. The molecule has 0 fully saturated rings. The van der Waals surface area contributed by atoms with Crippen LogP contribution in [0.25, 0.3) is 0 Å². The van der Waals surface area contributed by atoms with Crippen LogP contribution in [0.3, 0.4) is 0 Å². The van der Waals surface area contributed by atoms with E-state index in [0.717, 1.165) is 22.1 Å². The van der Waals surface area contributed by atoms with Crippen LogP contribution in [0.2, 0.25) is 0 Å². The van der Waals surface area contributed by atoms with Gasteiger partial charge in [0.05, 0.1) is 6.54 Å². The molecule has 5 N–H and O–H groups in total. The van der Waals surface area contributed by atoms with Crippen LogP contribution in [0, 0.1) is 13.8 Å². The van der Waals surface area contributed by atoms with Gasteiger partial charge in [0, 0.05) is 6.54 Å². The zero-order valence-corrected chi connectivity index (χ0v) is 18.2. The highest BCUT2D eigenvalue weighted by atomic mass is 16.4. The molecule has 1 aromatic heterocycles. The second-order valence-corrected chi connectivity index (χ2v) is 7.43. The number of rotatable bonds is 9. The normalized spacial score (nSPS) is 10.6. The summed E-state index contributed by atoms with van der Waals surface area (Å²) in [5, 5.41) is 34.6. The molecular formula is C22H27N3O7. The molecule has 2 rings (SSSR count). The lowest BCUT2D eigenvalue weighted by Gasteiger charge is -2.17. The number of amides is 2. The van der Waals surface area contributed by atoms with E-state index >= 15 is 0 Å². The second kappa shape index (κ2) is 10.5. The van der Waals surface area contributed by atoms with Crippen molar-refractivity contribution in [2.24, 2.45) is 0 Å². The summed E-state index contributed by atoms with van der Waals surface area (Å²) < 4.78 is 0.807. The minimum Gasteiger partial charge on any atom is -0.506 e. The molecule has 10 heteroatoms. The van der Waals surface area contributed by atoms with Crippen LogP contribution >= 0.6 is 0 Å². The minimum absolute atomic E-state index is 0.175. The van der Waals surface area contributed by atoms with Crippen molar-refractivity contribution < 1.29 is 29.7 Å². The Morgan fingerprint density at radius 1 is 1.03 bits per heavy atom. The van der Waals surface area contributed by atoms with Crippen LogP contribution in [-0.2, 0) is 11.3 Å². The van der Waals surface area contributed by atoms with Crippen LogP contribution in [0.1, 0.15) is 57.2 Å². The monoisotopic (exact) mass is 445 g/mol. The number of carbonyl (C=O) groups is 3. The van der Waals surface area contributed by atoms with Gasteiger partial charge in [-0.1, -0.05) is 37.1 Å². The molecule has 0 bridgehead atoms. The average molecular weight is 445 g/mol. The molecule has 32 heavy (non-hydrogen) atoms. The smallest absolute Gasteiger partial charge is 0.322 e. The third-order valence-corrected chi connectivity index (χ3v) is 4.91. The summed E-state index contributed by atoms with van der Waals surface area (Å²) in [6, 6.07) is 5.43. The Hall–Kier alpha value is -3.82. The van der Waals surface area contributed by atoms with Crippen LogP contribution in [0.4, 0.5) is 0 Å². The van der Waals surface area contributed by atoms with Crippen molar-refractivity contribution in [3.8, 4) is 11.6 Å². The molecule has 0 spiro atoms. The Kier molecular flexibility index (Phi) is 8.00. The number of hydrogen-bond donors (Lipinski definition) is 5. The van der Waals surface area contributed by atoms with E-state index in [0.29, 0.717) is 12.0 Å². The van der Waals surface area contributed by atoms with E-state index in [1.807, 2.05) is 38.2 Å². The molecular weight excluding hydrogens is 418 g/mol. The number of aliphatic carboxylic acids is 1. The minimum atomic E-state index is -1.35. The standard InChI is InChI=1S/C22H27N3O7/c1-4-5-8-23-19(29)16-18(28)17(20(30)24-10-15(26)27)22(32)25(21(16)31)11-14-7-6-12(2)9-13(14)3/h6-7,9,28,32H,4-5,8,10-11H2,1-3H3,(H,23,29)(H,24,30)(H,26,27). The molecule has 172 valence electrons. The molecule has 10 nitrogen and oxygen atoms in total. The number of aromatic hydroxyl groups is 2. The molecule has 0 atom stereocenters.